The number of carbonyl (C=O) groups excluding carboxylic acids is 2. The van der Waals surface area contributed by atoms with Crippen LogP contribution < -0.4 is 10.6 Å². The number of amides is 3. The number of likely N-dealkylation sites (tertiary alicyclic amines) is 2. The van der Waals surface area contributed by atoms with Gasteiger partial charge in [0, 0.05) is 49.9 Å². The Bertz CT molecular complexity index is 691. The molecule has 1 aliphatic carbocycles. The molecule has 0 spiro atoms. The van der Waals surface area contributed by atoms with Crippen molar-refractivity contribution in [2.24, 2.45) is 5.92 Å². The molecule has 7 heteroatoms. The van der Waals surface area contributed by atoms with E-state index in [9.17, 15) is 14.0 Å². The van der Waals surface area contributed by atoms with Crippen LogP contribution in [0.4, 0.5) is 14.9 Å². The number of halogens is 1. The van der Waals surface area contributed by atoms with Crippen LogP contribution in [0.3, 0.4) is 0 Å². The summed E-state index contributed by atoms with van der Waals surface area (Å²) >= 11 is 0. The van der Waals surface area contributed by atoms with Crippen LogP contribution in [0.15, 0.2) is 24.3 Å². The van der Waals surface area contributed by atoms with Crippen LogP contribution in [0.2, 0.25) is 0 Å². The molecule has 3 amide bonds. The molecule has 2 heterocycles. The van der Waals surface area contributed by atoms with Crippen molar-refractivity contribution in [3.05, 3.63) is 30.1 Å². The van der Waals surface area contributed by atoms with Crippen molar-refractivity contribution in [1.29, 1.82) is 0 Å². The maximum Gasteiger partial charge on any atom is 0.317 e. The van der Waals surface area contributed by atoms with Gasteiger partial charge in [-0.3, -0.25) is 4.79 Å². The van der Waals surface area contributed by atoms with Crippen molar-refractivity contribution in [2.45, 2.75) is 50.6 Å². The van der Waals surface area contributed by atoms with Gasteiger partial charge in [-0.15, -0.1) is 0 Å². The van der Waals surface area contributed by atoms with E-state index in [4.69, 9.17) is 0 Å². The normalized spacial score (nSPS) is 22.1. The Labute approximate surface area is 165 Å². The van der Waals surface area contributed by atoms with Crippen molar-refractivity contribution < 1.29 is 14.0 Å². The number of urea groups is 1. The highest BCUT2D eigenvalue weighted by atomic mass is 19.1. The minimum absolute atomic E-state index is 0.00210. The zero-order valence-corrected chi connectivity index (χ0v) is 16.2. The van der Waals surface area contributed by atoms with E-state index in [2.05, 4.69) is 15.5 Å². The van der Waals surface area contributed by atoms with Crippen LogP contribution in [-0.4, -0.2) is 60.0 Å². The van der Waals surface area contributed by atoms with Gasteiger partial charge in [-0.1, -0.05) is 0 Å². The van der Waals surface area contributed by atoms with Gasteiger partial charge in [0.05, 0.1) is 0 Å². The summed E-state index contributed by atoms with van der Waals surface area (Å²) in [6.45, 7) is 3.35. The summed E-state index contributed by atoms with van der Waals surface area (Å²) in [7, 11) is 0. The Hall–Kier alpha value is -2.15. The molecule has 0 radical (unpaired) electrons. The average molecular weight is 388 g/mol. The summed E-state index contributed by atoms with van der Waals surface area (Å²) in [4.78, 5) is 29.3. The van der Waals surface area contributed by atoms with E-state index < -0.39 is 0 Å². The Kier molecular flexibility index (Phi) is 5.80. The first-order valence-corrected chi connectivity index (χ1v) is 10.4. The first kappa shape index (κ1) is 19.2. The van der Waals surface area contributed by atoms with Gasteiger partial charge in [0.2, 0.25) is 5.91 Å². The summed E-state index contributed by atoms with van der Waals surface area (Å²) in [5.41, 5.74) is 0.601. The van der Waals surface area contributed by atoms with Gasteiger partial charge in [0.1, 0.15) is 5.82 Å². The number of hydrogen-bond acceptors (Lipinski definition) is 3. The fourth-order valence-electron chi connectivity index (χ4n) is 4.24. The zero-order valence-electron chi connectivity index (χ0n) is 16.2. The lowest BCUT2D eigenvalue weighted by Gasteiger charge is -2.35. The maximum absolute atomic E-state index is 13.0. The molecule has 6 nitrogen and oxygen atoms in total. The van der Waals surface area contributed by atoms with Gasteiger partial charge in [0.15, 0.2) is 0 Å². The van der Waals surface area contributed by atoms with Gasteiger partial charge >= 0.3 is 6.03 Å². The summed E-state index contributed by atoms with van der Waals surface area (Å²) < 4.78 is 13.0. The molecule has 1 saturated carbocycles. The number of piperidine rings is 2. The molecule has 0 bridgehead atoms. The van der Waals surface area contributed by atoms with Crippen molar-refractivity contribution in [3.8, 4) is 0 Å². The molecule has 28 heavy (non-hydrogen) atoms. The SMILES string of the molecule is O=C(Nc1ccc(F)cc1)C1CCN(C(=O)NC2CCN(C3CC3)CC2)CC1. The highest BCUT2D eigenvalue weighted by Crippen LogP contribution is 2.29. The van der Waals surface area contributed by atoms with Gasteiger partial charge in [0.25, 0.3) is 0 Å². The first-order valence-electron chi connectivity index (χ1n) is 10.4. The average Bonchev–Trinajstić information content (AvgIpc) is 3.56. The fourth-order valence-corrected chi connectivity index (χ4v) is 4.24. The number of carbonyl (C=O) groups is 2. The highest BCUT2D eigenvalue weighted by Gasteiger charge is 2.33. The van der Waals surface area contributed by atoms with Crippen LogP contribution in [0.5, 0.6) is 0 Å². The first-order chi connectivity index (χ1) is 13.6. The predicted octanol–water partition coefficient (Wildman–Crippen LogP) is 2.81. The van der Waals surface area contributed by atoms with Crippen LogP contribution in [0.25, 0.3) is 0 Å². The number of nitrogens with one attached hydrogen (secondary N) is 2. The molecule has 4 rings (SSSR count). The molecule has 3 fully saturated rings. The Morgan fingerprint density at radius 2 is 1.54 bits per heavy atom. The summed E-state index contributed by atoms with van der Waals surface area (Å²) in [5, 5.41) is 6.02. The zero-order chi connectivity index (χ0) is 19.5. The monoisotopic (exact) mass is 388 g/mol. The van der Waals surface area contributed by atoms with Crippen molar-refractivity contribution >= 4 is 17.6 Å². The second-order valence-electron chi connectivity index (χ2n) is 8.25. The van der Waals surface area contributed by atoms with Gasteiger partial charge in [-0.05, 0) is 62.8 Å². The molecule has 0 aromatic heterocycles. The number of nitrogens with zero attached hydrogens (tertiary/aromatic N) is 2. The molecule has 2 N–H and O–H groups in total. The van der Waals surface area contributed by atoms with Crippen LogP contribution >= 0.6 is 0 Å². The van der Waals surface area contributed by atoms with Crippen molar-refractivity contribution in [2.75, 3.05) is 31.5 Å². The van der Waals surface area contributed by atoms with E-state index in [1.54, 1.807) is 12.1 Å². The molecule has 1 aromatic rings. The Morgan fingerprint density at radius 3 is 2.14 bits per heavy atom. The fraction of sp³-hybridized carbons (Fsp3) is 0.619. The van der Waals surface area contributed by atoms with E-state index in [-0.39, 0.29) is 29.7 Å². The van der Waals surface area contributed by atoms with Gasteiger partial charge in [-0.2, -0.15) is 0 Å². The van der Waals surface area contributed by atoms with E-state index in [1.165, 1.54) is 25.0 Å². The van der Waals surface area contributed by atoms with E-state index >= 15 is 0 Å². The molecular formula is C21H29FN4O2. The van der Waals surface area contributed by atoms with Crippen LogP contribution in [0, 0.1) is 11.7 Å². The smallest absolute Gasteiger partial charge is 0.317 e. The topological polar surface area (TPSA) is 64.7 Å². The van der Waals surface area contributed by atoms with Crippen molar-refractivity contribution in [3.63, 3.8) is 0 Å². The number of benzene rings is 1. The van der Waals surface area contributed by atoms with Gasteiger partial charge in [-0.25, -0.2) is 9.18 Å². The molecule has 2 aliphatic heterocycles. The summed E-state index contributed by atoms with van der Waals surface area (Å²) in [6.07, 6.45) is 6.03. The number of hydrogen-bond donors (Lipinski definition) is 2. The second-order valence-corrected chi connectivity index (χ2v) is 8.25. The van der Waals surface area contributed by atoms with E-state index in [0.29, 0.717) is 31.6 Å². The largest absolute Gasteiger partial charge is 0.335 e. The molecule has 0 unspecified atom stereocenters. The third-order valence-electron chi connectivity index (χ3n) is 6.19. The van der Waals surface area contributed by atoms with Gasteiger partial charge < -0.3 is 20.4 Å². The Morgan fingerprint density at radius 1 is 0.893 bits per heavy atom. The second kappa shape index (κ2) is 8.47. The molecule has 2 saturated heterocycles. The molecule has 0 atom stereocenters. The van der Waals surface area contributed by atoms with E-state index in [1.807, 2.05) is 4.90 Å². The summed E-state index contributed by atoms with van der Waals surface area (Å²) in [6, 6.07) is 6.85. The van der Waals surface area contributed by atoms with Crippen LogP contribution in [-0.2, 0) is 4.79 Å². The lowest BCUT2D eigenvalue weighted by Crippen LogP contribution is -2.51. The lowest BCUT2D eigenvalue weighted by atomic mass is 9.96. The van der Waals surface area contributed by atoms with Crippen molar-refractivity contribution in [1.82, 2.24) is 15.1 Å². The predicted molar refractivity (Wildman–Crippen MR) is 105 cm³/mol. The quantitative estimate of drug-likeness (QED) is 0.834. The third-order valence-corrected chi connectivity index (χ3v) is 6.19. The number of anilines is 1. The standard InChI is InChI=1S/C21H29FN4O2/c22-16-1-3-17(4-2-16)23-20(27)15-7-11-26(12-8-15)21(28)24-18-9-13-25(14-10-18)19-5-6-19/h1-4,15,18-19H,5-14H2,(H,23,27)(H,24,28). The van der Waals surface area contributed by atoms with Crippen LogP contribution in [0.1, 0.15) is 38.5 Å². The third kappa shape index (κ3) is 4.82. The minimum Gasteiger partial charge on any atom is -0.335 e. The maximum atomic E-state index is 13.0. The minimum atomic E-state index is -0.324. The molecule has 152 valence electrons. The summed E-state index contributed by atoms with van der Waals surface area (Å²) in [5.74, 6) is -0.495. The highest BCUT2D eigenvalue weighted by molar-refractivity contribution is 5.92. The molecule has 1 aromatic carbocycles. The Balaban J connectivity index is 1.18. The molecule has 3 aliphatic rings. The van der Waals surface area contributed by atoms with E-state index in [0.717, 1.165) is 32.0 Å². The molecular weight excluding hydrogens is 359 g/mol. The number of rotatable bonds is 4. The lowest BCUT2D eigenvalue weighted by molar-refractivity contribution is -0.121.